The lowest BCUT2D eigenvalue weighted by atomic mass is 9.29. The first-order valence-corrected chi connectivity index (χ1v) is 6.14. The van der Waals surface area contributed by atoms with Crippen molar-refractivity contribution >= 4 is 22.6 Å². The van der Waals surface area contributed by atoms with Gasteiger partial charge in [-0.05, 0) is 48.9 Å². The van der Waals surface area contributed by atoms with Crippen LogP contribution in [0.4, 0.5) is 0 Å². The predicted molar refractivity (Wildman–Crippen MR) is 54.9 cm³/mol. The minimum Gasteiger partial charge on any atom is -0.0826 e. The molecule has 0 heterocycles. The van der Waals surface area contributed by atoms with Crippen LogP contribution in [0.5, 0.6) is 0 Å². The number of halogens is 1. The van der Waals surface area contributed by atoms with E-state index in [0.717, 1.165) is 15.3 Å². The number of alkyl halides is 1. The first kappa shape index (κ1) is 7.16. The summed E-state index contributed by atoms with van der Waals surface area (Å²) >= 11 is 2.63. The zero-order chi connectivity index (χ0) is 7.64. The van der Waals surface area contributed by atoms with Gasteiger partial charge in [0.05, 0.1) is 0 Å². The molecule has 3 fully saturated rings. The average molecular weight is 262 g/mol. The second-order valence-corrected chi connectivity index (χ2v) is 6.74. The molecule has 0 aliphatic heterocycles. The van der Waals surface area contributed by atoms with E-state index in [-0.39, 0.29) is 0 Å². The van der Waals surface area contributed by atoms with Crippen LogP contribution in [0.1, 0.15) is 32.6 Å². The molecule has 0 bridgehead atoms. The van der Waals surface area contributed by atoms with Crippen molar-refractivity contribution in [3.63, 3.8) is 0 Å². The first-order valence-electron chi connectivity index (χ1n) is 4.90. The maximum atomic E-state index is 2.63. The summed E-state index contributed by atoms with van der Waals surface area (Å²) in [6.07, 6.45) is 6.30. The van der Waals surface area contributed by atoms with Gasteiger partial charge in [-0.25, -0.2) is 0 Å². The normalized spacial score (nSPS) is 61.1. The van der Waals surface area contributed by atoms with Gasteiger partial charge in [-0.2, -0.15) is 0 Å². The van der Waals surface area contributed by atoms with E-state index < -0.39 is 0 Å². The van der Waals surface area contributed by atoms with Crippen LogP contribution in [0.3, 0.4) is 0 Å². The number of hydrogen-bond donors (Lipinski definition) is 0. The van der Waals surface area contributed by atoms with Crippen molar-refractivity contribution in [1.82, 2.24) is 0 Å². The molecule has 0 nitrogen and oxygen atoms in total. The highest BCUT2D eigenvalue weighted by Crippen LogP contribution is 2.78. The third kappa shape index (κ3) is 0.606. The Morgan fingerprint density at radius 2 is 1.82 bits per heavy atom. The molecule has 0 aromatic heterocycles. The summed E-state index contributed by atoms with van der Waals surface area (Å²) in [5.41, 5.74) is 0.949. The van der Waals surface area contributed by atoms with Gasteiger partial charge in [0.15, 0.2) is 0 Å². The van der Waals surface area contributed by atoms with Crippen LogP contribution in [-0.4, -0.2) is 3.92 Å². The quantitative estimate of drug-likeness (QED) is 0.502. The maximum absolute atomic E-state index is 2.63. The summed E-state index contributed by atoms with van der Waals surface area (Å²) in [7, 11) is 0. The monoisotopic (exact) mass is 262 g/mol. The highest BCUT2D eigenvalue weighted by molar-refractivity contribution is 14.1. The molecule has 2 unspecified atom stereocenters. The predicted octanol–water partition coefficient (Wildman–Crippen LogP) is 3.25. The van der Waals surface area contributed by atoms with Gasteiger partial charge in [0.1, 0.15) is 0 Å². The van der Waals surface area contributed by atoms with Crippen molar-refractivity contribution in [2.75, 3.05) is 0 Å². The summed E-state index contributed by atoms with van der Waals surface area (Å²) in [6, 6.07) is 0. The van der Waals surface area contributed by atoms with Crippen molar-refractivity contribution in [3.8, 4) is 0 Å². The lowest BCUT2D eigenvalue weighted by Gasteiger charge is -2.76. The highest BCUT2D eigenvalue weighted by Gasteiger charge is 2.71. The second-order valence-electron chi connectivity index (χ2n) is 4.78. The van der Waals surface area contributed by atoms with E-state index in [2.05, 4.69) is 29.5 Å². The van der Waals surface area contributed by atoms with Gasteiger partial charge >= 0.3 is 0 Å². The molecule has 0 N–H and O–H groups in total. The van der Waals surface area contributed by atoms with Crippen molar-refractivity contribution in [2.24, 2.45) is 23.2 Å². The van der Waals surface area contributed by atoms with E-state index in [1.165, 1.54) is 11.8 Å². The molecule has 0 saturated heterocycles. The van der Waals surface area contributed by atoms with Crippen LogP contribution in [0, 0.1) is 23.2 Å². The molecule has 11 heavy (non-hydrogen) atoms. The lowest BCUT2D eigenvalue weighted by Crippen LogP contribution is -2.70. The molecule has 3 aliphatic carbocycles. The molecule has 3 rings (SSSR count). The van der Waals surface area contributed by atoms with Gasteiger partial charge < -0.3 is 0 Å². The van der Waals surface area contributed by atoms with Gasteiger partial charge in [0, 0.05) is 3.92 Å². The minimum absolute atomic E-state index is 0.941. The molecule has 0 aromatic rings. The Hall–Kier alpha value is 0.730. The molecule has 1 heteroatoms. The highest BCUT2D eigenvalue weighted by atomic mass is 127. The molecular formula is C10H15I. The van der Waals surface area contributed by atoms with E-state index in [0.29, 0.717) is 0 Å². The lowest BCUT2D eigenvalue weighted by molar-refractivity contribution is -0.264. The third-order valence-electron chi connectivity index (χ3n) is 4.78. The fourth-order valence-electron chi connectivity index (χ4n) is 4.09. The summed E-state index contributed by atoms with van der Waals surface area (Å²) < 4.78 is 0.941. The summed E-state index contributed by atoms with van der Waals surface area (Å²) in [5, 5.41) is 0. The zero-order valence-corrected chi connectivity index (χ0v) is 9.17. The van der Waals surface area contributed by atoms with E-state index in [4.69, 9.17) is 0 Å². The molecule has 0 amide bonds. The third-order valence-corrected chi connectivity index (χ3v) is 5.61. The van der Waals surface area contributed by atoms with Gasteiger partial charge in [-0.15, -0.1) is 0 Å². The van der Waals surface area contributed by atoms with Crippen LogP contribution in [-0.2, 0) is 0 Å². The van der Waals surface area contributed by atoms with Gasteiger partial charge in [-0.3, -0.25) is 0 Å². The van der Waals surface area contributed by atoms with Crippen LogP contribution in [0.2, 0.25) is 0 Å². The molecule has 1 spiro atoms. The Morgan fingerprint density at radius 1 is 1.27 bits per heavy atom. The average Bonchev–Trinajstić information content (AvgIpc) is 1.81. The number of rotatable bonds is 1. The van der Waals surface area contributed by atoms with Crippen molar-refractivity contribution in [1.29, 1.82) is 0 Å². The standard InChI is InChI=1S/C10H15I/c1-6(11)9-7-2-4-10(7)5-3-8(9)10/h6-9H,2-5H2,1H3/t6?,7-,8+,9+,10?. The minimum atomic E-state index is 0.941. The molecule has 0 radical (unpaired) electrons. The topological polar surface area (TPSA) is 0 Å². The maximum Gasteiger partial charge on any atom is 0.0115 e. The van der Waals surface area contributed by atoms with Gasteiger partial charge in [0.25, 0.3) is 0 Å². The molecule has 3 aliphatic rings. The van der Waals surface area contributed by atoms with Gasteiger partial charge in [-0.1, -0.05) is 29.5 Å². The fraction of sp³-hybridized carbons (Fsp3) is 1.00. The zero-order valence-electron chi connectivity index (χ0n) is 7.02. The Bertz CT molecular complexity index is 179. The van der Waals surface area contributed by atoms with Crippen LogP contribution in [0.25, 0.3) is 0 Å². The van der Waals surface area contributed by atoms with Crippen molar-refractivity contribution in [3.05, 3.63) is 0 Å². The Morgan fingerprint density at radius 3 is 2.00 bits per heavy atom. The summed E-state index contributed by atoms with van der Waals surface area (Å²) in [6.45, 7) is 2.41. The molecule has 62 valence electrons. The summed E-state index contributed by atoms with van der Waals surface area (Å²) in [4.78, 5) is 0. The van der Waals surface area contributed by atoms with E-state index in [9.17, 15) is 0 Å². The Labute approximate surface area is 82.3 Å². The van der Waals surface area contributed by atoms with Crippen LogP contribution in [0.15, 0.2) is 0 Å². The van der Waals surface area contributed by atoms with E-state index in [1.54, 1.807) is 25.7 Å². The molecular weight excluding hydrogens is 247 g/mol. The van der Waals surface area contributed by atoms with Crippen molar-refractivity contribution in [2.45, 2.75) is 36.5 Å². The first-order chi connectivity index (χ1) is 5.26. The van der Waals surface area contributed by atoms with Gasteiger partial charge in [0.2, 0.25) is 0 Å². The molecule has 0 aromatic carbocycles. The Balaban J connectivity index is 1.82. The Kier molecular flexibility index (Phi) is 1.28. The van der Waals surface area contributed by atoms with E-state index in [1.807, 2.05) is 0 Å². The molecule has 3 saturated carbocycles. The second kappa shape index (κ2) is 1.97. The van der Waals surface area contributed by atoms with Crippen molar-refractivity contribution < 1.29 is 0 Å². The summed E-state index contributed by atoms with van der Waals surface area (Å²) in [5.74, 6) is 3.47. The molecule has 5 atom stereocenters. The van der Waals surface area contributed by atoms with Crippen LogP contribution < -0.4 is 0 Å². The smallest absolute Gasteiger partial charge is 0.0115 e. The fourth-order valence-corrected chi connectivity index (χ4v) is 5.09. The number of hydrogen-bond acceptors (Lipinski definition) is 0. The SMILES string of the molecule is CC(I)[C@H]1[C@H]2CCC23CC[C@@H]13. The van der Waals surface area contributed by atoms with Crippen LogP contribution >= 0.6 is 22.6 Å². The van der Waals surface area contributed by atoms with E-state index >= 15 is 0 Å². The largest absolute Gasteiger partial charge is 0.0826 e.